The lowest BCUT2D eigenvalue weighted by Crippen LogP contribution is -2.29. The number of hydrogen-bond acceptors (Lipinski definition) is 4. The van der Waals surface area contributed by atoms with Crippen molar-refractivity contribution in [1.29, 1.82) is 0 Å². The number of aromatic nitrogens is 2. The molecule has 92 valence electrons. The first-order chi connectivity index (χ1) is 8.18. The van der Waals surface area contributed by atoms with E-state index >= 15 is 0 Å². The Bertz CT molecular complexity index is 397. The number of nitrogens with zero attached hydrogens (tertiary/aromatic N) is 2. The van der Waals surface area contributed by atoms with Gasteiger partial charge in [-0.3, -0.25) is 0 Å². The summed E-state index contributed by atoms with van der Waals surface area (Å²) in [6, 6.07) is 0. The summed E-state index contributed by atoms with van der Waals surface area (Å²) in [5.41, 5.74) is -0.287. The quantitative estimate of drug-likeness (QED) is 0.865. The molecule has 0 spiro atoms. The summed E-state index contributed by atoms with van der Waals surface area (Å²) in [5.74, 6) is -0.393. The van der Waals surface area contributed by atoms with Crippen LogP contribution in [-0.4, -0.2) is 27.7 Å². The topological polar surface area (TPSA) is 72.3 Å². The largest absolute Gasteiger partial charge is 0.478 e. The Morgan fingerprint density at radius 1 is 1.41 bits per heavy atom. The summed E-state index contributed by atoms with van der Waals surface area (Å²) in [7, 11) is 0. The number of ether oxygens (including phenoxy) is 1. The van der Waals surface area contributed by atoms with Crippen molar-refractivity contribution in [1.82, 2.24) is 9.97 Å². The number of hydrogen-bond donors (Lipinski definition) is 1. The molecule has 17 heavy (non-hydrogen) atoms. The van der Waals surface area contributed by atoms with Gasteiger partial charge in [-0.2, -0.15) is 0 Å². The second-order valence-corrected chi connectivity index (χ2v) is 4.23. The monoisotopic (exact) mass is 236 g/mol. The molecule has 0 atom stereocenters. The first-order valence-corrected chi connectivity index (χ1v) is 5.88. The molecule has 1 aromatic heterocycles. The van der Waals surface area contributed by atoms with Gasteiger partial charge in [-0.05, 0) is 32.6 Å². The van der Waals surface area contributed by atoms with Crippen molar-refractivity contribution in [3.63, 3.8) is 0 Å². The third kappa shape index (κ3) is 2.29. The second kappa shape index (κ2) is 4.79. The Morgan fingerprint density at radius 2 is 2.00 bits per heavy atom. The molecule has 2 rings (SSSR count). The molecule has 1 fully saturated rings. The van der Waals surface area contributed by atoms with E-state index in [2.05, 4.69) is 9.97 Å². The van der Waals surface area contributed by atoms with Crippen molar-refractivity contribution in [2.75, 3.05) is 6.61 Å². The van der Waals surface area contributed by atoms with Gasteiger partial charge in [-0.1, -0.05) is 0 Å². The highest BCUT2D eigenvalue weighted by atomic mass is 16.5. The van der Waals surface area contributed by atoms with Gasteiger partial charge in [0.2, 0.25) is 0 Å². The maximum atomic E-state index is 10.7. The summed E-state index contributed by atoms with van der Waals surface area (Å²) in [6.07, 6.45) is 6.72. The molecule has 0 aromatic carbocycles. The molecule has 0 unspecified atom stereocenters. The highest BCUT2D eigenvalue weighted by Crippen LogP contribution is 2.40. The van der Waals surface area contributed by atoms with Crippen LogP contribution in [0.2, 0.25) is 0 Å². The second-order valence-electron chi connectivity index (χ2n) is 4.23. The minimum atomic E-state index is -1.01. The zero-order valence-electron chi connectivity index (χ0n) is 9.85. The van der Waals surface area contributed by atoms with Gasteiger partial charge >= 0.3 is 5.97 Å². The summed E-state index contributed by atoms with van der Waals surface area (Å²) < 4.78 is 5.80. The number of rotatable bonds is 4. The fraction of sp³-hybridized carbons (Fsp3) is 0.583. The molecular weight excluding hydrogens is 220 g/mol. The van der Waals surface area contributed by atoms with Crippen LogP contribution in [0.25, 0.3) is 0 Å². The van der Waals surface area contributed by atoms with Crippen LogP contribution in [0.3, 0.4) is 0 Å². The van der Waals surface area contributed by atoms with Crippen molar-refractivity contribution in [2.45, 2.75) is 38.2 Å². The summed E-state index contributed by atoms with van der Waals surface area (Å²) in [5, 5.41) is 8.80. The standard InChI is InChI=1S/C12H16N2O3/c1-2-17-12(5-3-4-6-12)11-13-7-9(8-14-11)10(15)16/h7-8H,2-6H2,1H3,(H,15,16). The van der Waals surface area contributed by atoms with Gasteiger partial charge in [-0.25, -0.2) is 14.8 Å². The molecule has 1 aliphatic rings. The predicted molar refractivity (Wildman–Crippen MR) is 60.8 cm³/mol. The maximum Gasteiger partial charge on any atom is 0.338 e. The zero-order valence-corrected chi connectivity index (χ0v) is 9.85. The highest BCUT2D eigenvalue weighted by molar-refractivity contribution is 5.86. The number of carbonyl (C=O) groups is 1. The Balaban J connectivity index is 2.27. The first kappa shape index (κ1) is 12.0. The molecule has 1 saturated carbocycles. The van der Waals surface area contributed by atoms with Crippen LogP contribution in [0, 0.1) is 0 Å². The average Bonchev–Trinajstić information content (AvgIpc) is 2.79. The number of carboxylic acid groups (broad SMARTS) is 1. The van der Waals surface area contributed by atoms with Crippen molar-refractivity contribution >= 4 is 5.97 Å². The fourth-order valence-electron chi connectivity index (χ4n) is 2.33. The first-order valence-electron chi connectivity index (χ1n) is 5.88. The Hall–Kier alpha value is -1.49. The van der Waals surface area contributed by atoms with E-state index < -0.39 is 11.6 Å². The molecule has 1 aliphatic carbocycles. The lowest BCUT2D eigenvalue weighted by molar-refractivity contribution is -0.0457. The van der Waals surface area contributed by atoms with Gasteiger partial charge in [0, 0.05) is 19.0 Å². The van der Waals surface area contributed by atoms with E-state index in [-0.39, 0.29) is 5.56 Å². The smallest absolute Gasteiger partial charge is 0.338 e. The molecule has 5 heteroatoms. The third-order valence-electron chi connectivity index (χ3n) is 3.14. The van der Waals surface area contributed by atoms with Crippen LogP contribution in [0.4, 0.5) is 0 Å². The van der Waals surface area contributed by atoms with Gasteiger partial charge in [-0.15, -0.1) is 0 Å². The number of aromatic carboxylic acids is 1. The van der Waals surface area contributed by atoms with Crippen LogP contribution >= 0.6 is 0 Å². The van der Waals surface area contributed by atoms with Gasteiger partial charge in [0.05, 0.1) is 5.56 Å². The molecule has 0 saturated heterocycles. The third-order valence-corrected chi connectivity index (χ3v) is 3.14. The summed E-state index contributed by atoms with van der Waals surface area (Å²) in [6.45, 7) is 2.57. The van der Waals surface area contributed by atoms with Gasteiger partial charge < -0.3 is 9.84 Å². The van der Waals surface area contributed by atoms with Crippen molar-refractivity contribution in [3.05, 3.63) is 23.8 Å². The van der Waals surface area contributed by atoms with Gasteiger partial charge in [0.15, 0.2) is 5.82 Å². The van der Waals surface area contributed by atoms with Crippen LogP contribution in [-0.2, 0) is 10.3 Å². The van der Waals surface area contributed by atoms with E-state index in [1.807, 2.05) is 6.92 Å². The minimum Gasteiger partial charge on any atom is -0.478 e. The van der Waals surface area contributed by atoms with Crippen molar-refractivity contribution in [2.24, 2.45) is 0 Å². The molecule has 1 aromatic rings. The normalized spacial score (nSPS) is 18.2. The lowest BCUT2D eigenvalue weighted by Gasteiger charge is -2.26. The molecule has 1 N–H and O–H groups in total. The van der Waals surface area contributed by atoms with Gasteiger partial charge in [0.25, 0.3) is 0 Å². The Labute approximate surface area is 99.9 Å². The molecule has 0 aliphatic heterocycles. The molecule has 0 radical (unpaired) electrons. The predicted octanol–water partition coefficient (Wildman–Crippen LogP) is 1.98. The SMILES string of the molecule is CCOC1(c2ncc(C(=O)O)cn2)CCCC1. The Kier molecular flexibility index (Phi) is 3.38. The summed E-state index contributed by atoms with van der Waals surface area (Å²) >= 11 is 0. The van der Waals surface area contributed by atoms with Crippen molar-refractivity contribution in [3.8, 4) is 0 Å². The van der Waals surface area contributed by atoms with E-state index in [1.54, 1.807) is 0 Å². The molecular formula is C12H16N2O3. The summed E-state index contributed by atoms with van der Waals surface area (Å²) in [4.78, 5) is 19.0. The van der Waals surface area contributed by atoms with Crippen LogP contribution in [0.15, 0.2) is 12.4 Å². The van der Waals surface area contributed by atoms with Gasteiger partial charge in [0.1, 0.15) is 5.60 Å². The van der Waals surface area contributed by atoms with Crippen LogP contribution in [0.1, 0.15) is 48.8 Å². The van der Waals surface area contributed by atoms with Crippen LogP contribution < -0.4 is 0 Å². The molecule has 0 bridgehead atoms. The van der Waals surface area contributed by atoms with E-state index in [0.717, 1.165) is 25.7 Å². The number of carboxylic acids is 1. The minimum absolute atomic E-state index is 0.110. The highest BCUT2D eigenvalue weighted by Gasteiger charge is 2.39. The maximum absolute atomic E-state index is 10.7. The Morgan fingerprint density at radius 3 is 2.47 bits per heavy atom. The fourth-order valence-corrected chi connectivity index (χ4v) is 2.33. The van der Waals surface area contributed by atoms with E-state index in [1.165, 1.54) is 12.4 Å². The molecule has 0 amide bonds. The molecule has 1 heterocycles. The average molecular weight is 236 g/mol. The van der Waals surface area contributed by atoms with Crippen molar-refractivity contribution < 1.29 is 14.6 Å². The van der Waals surface area contributed by atoms with E-state index in [9.17, 15) is 4.79 Å². The lowest BCUT2D eigenvalue weighted by atomic mass is 10.0. The zero-order chi connectivity index (χ0) is 12.3. The van der Waals surface area contributed by atoms with E-state index in [0.29, 0.717) is 12.4 Å². The van der Waals surface area contributed by atoms with Crippen LogP contribution in [0.5, 0.6) is 0 Å². The van der Waals surface area contributed by atoms with E-state index in [4.69, 9.17) is 9.84 Å². The molecule has 5 nitrogen and oxygen atoms in total.